The number of fused-ring (bicyclic) bond motifs is 1. The number of allylic oxidation sites excluding steroid dienone is 4. The van der Waals surface area contributed by atoms with E-state index in [1.54, 1.807) is 12.1 Å². The molecule has 6 nitrogen and oxygen atoms in total. The van der Waals surface area contributed by atoms with Crippen LogP contribution in [0, 0.1) is 0 Å². The molecule has 1 heterocycles. The van der Waals surface area contributed by atoms with Crippen LogP contribution in [0.5, 0.6) is 0 Å². The first-order valence-electron chi connectivity index (χ1n) is 11.1. The first-order chi connectivity index (χ1) is 14.9. The van der Waals surface area contributed by atoms with Gasteiger partial charge in [-0.05, 0) is 56.9 Å². The summed E-state index contributed by atoms with van der Waals surface area (Å²) in [4.78, 5) is 32.2. The standard InChI is InChI=1S/C25H32N4O2/c1-4-12-29(13-5-2)25(31)20-14-18-8-9-19(15-22(18)28-23(26)16-20)24(30)27-21-10-6-17(3)7-11-21/h6,8-10,14-15H,4-5,7,11-13,16H2,1-3H3,(H2,26,28)(H,27,30). The first kappa shape index (κ1) is 22.5. The Bertz CT molecular complexity index is 979. The number of aliphatic imine (C=N–C) groups is 1. The van der Waals surface area contributed by atoms with Gasteiger partial charge in [0.1, 0.15) is 5.84 Å². The van der Waals surface area contributed by atoms with E-state index in [-0.39, 0.29) is 11.8 Å². The summed E-state index contributed by atoms with van der Waals surface area (Å²) in [6, 6.07) is 5.34. The second-order valence-electron chi connectivity index (χ2n) is 8.17. The molecule has 31 heavy (non-hydrogen) atoms. The highest BCUT2D eigenvalue weighted by atomic mass is 16.2. The van der Waals surface area contributed by atoms with Crippen LogP contribution in [0.2, 0.25) is 0 Å². The molecule has 0 fully saturated rings. The smallest absolute Gasteiger partial charge is 0.255 e. The molecule has 2 amide bonds. The number of hydrogen-bond acceptors (Lipinski definition) is 4. The number of nitrogens with one attached hydrogen (secondary N) is 1. The van der Waals surface area contributed by atoms with Crippen molar-refractivity contribution in [2.45, 2.75) is 52.9 Å². The average Bonchev–Trinajstić information content (AvgIpc) is 2.92. The SMILES string of the molecule is CCCN(CCC)C(=O)C1=Cc2ccc(C(=O)NC3=CC=C(C)CC3)cc2N=C(N)C1. The third-order valence-electron chi connectivity index (χ3n) is 5.44. The fourth-order valence-corrected chi connectivity index (χ4v) is 3.79. The van der Waals surface area contributed by atoms with Crippen LogP contribution in [0.4, 0.5) is 5.69 Å². The summed E-state index contributed by atoms with van der Waals surface area (Å²) in [6.07, 6.45) is 9.74. The average molecular weight is 421 g/mol. The van der Waals surface area contributed by atoms with Crippen molar-refractivity contribution in [3.05, 3.63) is 58.3 Å². The molecule has 0 unspecified atom stereocenters. The molecule has 1 aromatic carbocycles. The third-order valence-corrected chi connectivity index (χ3v) is 5.44. The Kier molecular flexibility index (Phi) is 7.45. The van der Waals surface area contributed by atoms with Crippen LogP contribution in [0.1, 0.15) is 68.8 Å². The molecular formula is C25H32N4O2. The normalized spacial score (nSPS) is 15.6. The minimum atomic E-state index is -0.169. The Morgan fingerprint density at radius 3 is 2.52 bits per heavy atom. The maximum atomic E-state index is 13.1. The predicted octanol–water partition coefficient (Wildman–Crippen LogP) is 4.46. The van der Waals surface area contributed by atoms with Crippen LogP contribution in [0.15, 0.2) is 52.2 Å². The van der Waals surface area contributed by atoms with Crippen molar-refractivity contribution in [3.8, 4) is 0 Å². The van der Waals surface area contributed by atoms with Gasteiger partial charge in [-0.15, -0.1) is 0 Å². The van der Waals surface area contributed by atoms with Crippen molar-refractivity contribution in [3.63, 3.8) is 0 Å². The second kappa shape index (κ2) is 10.2. The monoisotopic (exact) mass is 420 g/mol. The molecule has 0 saturated carbocycles. The molecule has 0 spiro atoms. The minimum absolute atomic E-state index is 0.00380. The molecule has 2 aliphatic rings. The molecule has 0 radical (unpaired) electrons. The zero-order valence-electron chi connectivity index (χ0n) is 18.7. The highest BCUT2D eigenvalue weighted by molar-refractivity contribution is 6.06. The molecule has 0 atom stereocenters. The highest BCUT2D eigenvalue weighted by Gasteiger charge is 2.21. The second-order valence-corrected chi connectivity index (χ2v) is 8.17. The van der Waals surface area contributed by atoms with E-state index in [2.05, 4.69) is 31.1 Å². The largest absolute Gasteiger partial charge is 0.387 e. The van der Waals surface area contributed by atoms with E-state index >= 15 is 0 Å². The molecule has 3 rings (SSSR count). The quantitative estimate of drug-likeness (QED) is 0.682. The predicted molar refractivity (Wildman–Crippen MR) is 126 cm³/mol. The van der Waals surface area contributed by atoms with Crippen molar-refractivity contribution in [1.29, 1.82) is 0 Å². The van der Waals surface area contributed by atoms with Crippen LogP contribution in [-0.2, 0) is 4.79 Å². The lowest BCUT2D eigenvalue weighted by molar-refractivity contribution is -0.127. The van der Waals surface area contributed by atoms with Crippen LogP contribution in [-0.4, -0.2) is 35.6 Å². The summed E-state index contributed by atoms with van der Waals surface area (Å²) in [5, 5.41) is 2.98. The topological polar surface area (TPSA) is 87.8 Å². The number of nitrogens with zero attached hydrogens (tertiary/aromatic N) is 2. The first-order valence-corrected chi connectivity index (χ1v) is 11.1. The molecule has 6 heteroatoms. The van der Waals surface area contributed by atoms with E-state index in [0.717, 1.165) is 50.0 Å². The van der Waals surface area contributed by atoms with E-state index < -0.39 is 0 Å². The zero-order chi connectivity index (χ0) is 22.4. The molecule has 0 bridgehead atoms. The van der Waals surface area contributed by atoms with Gasteiger partial charge < -0.3 is 16.0 Å². The van der Waals surface area contributed by atoms with Crippen molar-refractivity contribution in [2.75, 3.05) is 13.1 Å². The summed E-state index contributed by atoms with van der Waals surface area (Å²) in [6.45, 7) is 7.65. The Labute approximate surface area is 184 Å². The van der Waals surface area contributed by atoms with Crippen molar-refractivity contribution in [2.24, 2.45) is 10.7 Å². The molecular weight excluding hydrogens is 388 g/mol. The lowest BCUT2D eigenvalue weighted by atomic mass is 10.0. The molecule has 3 N–H and O–H groups in total. The molecule has 164 valence electrons. The zero-order valence-corrected chi connectivity index (χ0v) is 18.7. The maximum Gasteiger partial charge on any atom is 0.255 e. The lowest BCUT2D eigenvalue weighted by Crippen LogP contribution is -2.34. The highest BCUT2D eigenvalue weighted by Crippen LogP contribution is 2.28. The molecule has 1 aromatic rings. The van der Waals surface area contributed by atoms with Gasteiger partial charge in [0.25, 0.3) is 5.91 Å². The number of carbonyl (C=O) groups excluding carboxylic acids is 2. The maximum absolute atomic E-state index is 13.1. The van der Waals surface area contributed by atoms with E-state index in [1.165, 1.54) is 5.57 Å². The minimum Gasteiger partial charge on any atom is -0.387 e. The van der Waals surface area contributed by atoms with Crippen LogP contribution >= 0.6 is 0 Å². The summed E-state index contributed by atoms with van der Waals surface area (Å²) < 4.78 is 0. The summed E-state index contributed by atoms with van der Waals surface area (Å²) >= 11 is 0. The van der Waals surface area contributed by atoms with Gasteiger partial charge in [0.2, 0.25) is 5.91 Å². The lowest BCUT2D eigenvalue weighted by Gasteiger charge is -2.22. The van der Waals surface area contributed by atoms with Crippen molar-refractivity contribution in [1.82, 2.24) is 10.2 Å². The van der Waals surface area contributed by atoms with E-state index in [1.807, 2.05) is 29.2 Å². The number of nitrogens with two attached hydrogens (primary N) is 1. The van der Waals surface area contributed by atoms with Gasteiger partial charge in [-0.1, -0.05) is 31.6 Å². The van der Waals surface area contributed by atoms with Crippen LogP contribution < -0.4 is 11.1 Å². The van der Waals surface area contributed by atoms with Gasteiger partial charge in [0, 0.05) is 41.9 Å². The van der Waals surface area contributed by atoms with Gasteiger partial charge in [0.05, 0.1) is 5.69 Å². The summed E-state index contributed by atoms with van der Waals surface area (Å²) in [5.74, 6) is 0.209. The van der Waals surface area contributed by atoms with Crippen molar-refractivity contribution >= 4 is 29.4 Å². The number of amides is 2. The van der Waals surface area contributed by atoms with Gasteiger partial charge in [-0.2, -0.15) is 0 Å². The van der Waals surface area contributed by atoms with Gasteiger partial charge >= 0.3 is 0 Å². The summed E-state index contributed by atoms with van der Waals surface area (Å²) in [7, 11) is 0. The van der Waals surface area contributed by atoms with E-state index in [4.69, 9.17) is 5.73 Å². The number of amidine groups is 1. The number of rotatable bonds is 7. The molecule has 0 aromatic heterocycles. The van der Waals surface area contributed by atoms with E-state index in [0.29, 0.717) is 29.1 Å². The fraction of sp³-hybridized carbons (Fsp3) is 0.400. The Balaban J connectivity index is 1.84. The molecule has 1 aliphatic carbocycles. The Morgan fingerprint density at radius 1 is 1.13 bits per heavy atom. The van der Waals surface area contributed by atoms with Gasteiger partial charge in [-0.25, -0.2) is 4.99 Å². The number of hydrogen-bond donors (Lipinski definition) is 2. The fourth-order valence-electron chi connectivity index (χ4n) is 3.79. The number of carbonyl (C=O) groups is 2. The van der Waals surface area contributed by atoms with Crippen molar-refractivity contribution < 1.29 is 9.59 Å². The van der Waals surface area contributed by atoms with Gasteiger partial charge in [0.15, 0.2) is 0 Å². The van der Waals surface area contributed by atoms with Crippen LogP contribution in [0.3, 0.4) is 0 Å². The number of benzene rings is 1. The Morgan fingerprint density at radius 2 is 1.87 bits per heavy atom. The Hall–Kier alpha value is -3.15. The van der Waals surface area contributed by atoms with Gasteiger partial charge in [-0.3, -0.25) is 9.59 Å². The van der Waals surface area contributed by atoms with E-state index in [9.17, 15) is 9.59 Å². The molecule has 0 saturated heterocycles. The van der Waals surface area contributed by atoms with Crippen LogP contribution in [0.25, 0.3) is 6.08 Å². The third kappa shape index (κ3) is 5.72. The molecule has 1 aliphatic heterocycles. The summed E-state index contributed by atoms with van der Waals surface area (Å²) in [5.41, 5.74) is 10.9.